The highest BCUT2D eigenvalue weighted by Crippen LogP contribution is 2.25. The molecule has 2 N–H and O–H groups in total. The van der Waals surface area contributed by atoms with E-state index in [0.29, 0.717) is 0 Å². The second-order valence-corrected chi connectivity index (χ2v) is 5.48. The van der Waals surface area contributed by atoms with E-state index in [1.165, 1.54) is 16.5 Å². The minimum atomic E-state index is 0.875. The summed E-state index contributed by atoms with van der Waals surface area (Å²) in [6.45, 7) is 0.939. The number of nitrogens with zero attached hydrogens (tertiary/aromatic N) is 1. The Hall–Kier alpha value is -1.74. The lowest BCUT2D eigenvalue weighted by Gasteiger charge is -2.08. The van der Waals surface area contributed by atoms with Crippen LogP contribution in [0.5, 0.6) is 0 Å². The number of halogens is 1. The van der Waals surface area contributed by atoms with Crippen LogP contribution in [0.1, 0.15) is 5.56 Å². The molecule has 3 aromatic rings. The Morgan fingerprint density at radius 1 is 1.00 bits per heavy atom. The van der Waals surface area contributed by atoms with E-state index in [4.69, 9.17) is 5.73 Å². The summed E-state index contributed by atoms with van der Waals surface area (Å²) in [6, 6.07) is 16.5. The zero-order valence-corrected chi connectivity index (χ0v) is 12.1. The average Bonchev–Trinajstić information content (AvgIpc) is 2.83. The first-order chi connectivity index (χ1) is 9.25. The van der Waals surface area contributed by atoms with Crippen LogP contribution in [0.15, 0.2) is 59.2 Å². The van der Waals surface area contributed by atoms with Crippen molar-refractivity contribution in [2.24, 2.45) is 0 Å². The van der Waals surface area contributed by atoms with Crippen molar-refractivity contribution in [3.63, 3.8) is 0 Å². The minimum Gasteiger partial charge on any atom is -0.399 e. The lowest BCUT2D eigenvalue weighted by molar-refractivity contribution is 0.724. The van der Waals surface area contributed by atoms with E-state index in [0.717, 1.165) is 23.1 Å². The van der Waals surface area contributed by atoms with Crippen molar-refractivity contribution in [1.82, 2.24) is 4.57 Å². The number of hydrogen-bond acceptors (Lipinski definition) is 1. The van der Waals surface area contributed by atoms with E-state index in [1.54, 1.807) is 0 Å². The van der Waals surface area contributed by atoms with Crippen LogP contribution in [0.4, 0.5) is 5.69 Å². The summed E-state index contributed by atoms with van der Waals surface area (Å²) in [5.41, 5.74) is 9.32. The average molecular weight is 315 g/mol. The Labute approximate surface area is 121 Å². The molecule has 2 nitrogen and oxygen atoms in total. The summed E-state index contributed by atoms with van der Waals surface area (Å²) in [6.07, 6.45) is 3.08. The standard InChI is InChI=1S/C16H15BrN2/c17-14-5-3-7-16-13(14)9-11-19(16)10-8-12-4-1-2-6-15(12)18/h1-7,9,11H,8,10,18H2. The predicted octanol–water partition coefficient (Wildman–Crippen LogP) is 4.23. The first-order valence-corrected chi connectivity index (χ1v) is 7.12. The lowest BCUT2D eigenvalue weighted by Crippen LogP contribution is -2.02. The molecule has 0 spiro atoms. The first-order valence-electron chi connectivity index (χ1n) is 6.32. The van der Waals surface area contributed by atoms with Crippen LogP contribution >= 0.6 is 15.9 Å². The van der Waals surface area contributed by atoms with Gasteiger partial charge in [0.15, 0.2) is 0 Å². The van der Waals surface area contributed by atoms with Gasteiger partial charge in [0.25, 0.3) is 0 Å². The van der Waals surface area contributed by atoms with Crippen molar-refractivity contribution in [1.29, 1.82) is 0 Å². The topological polar surface area (TPSA) is 30.9 Å². The van der Waals surface area contributed by atoms with Crippen LogP contribution in [0, 0.1) is 0 Å². The second-order valence-electron chi connectivity index (χ2n) is 4.63. The van der Waals surface area contributed by atoms with Gasteiger partial charge in [0.05, 0.1) is 0 Å². The van der Waals surface area contributed by atoms with Gasteiger partial charge in [-0.3, -0.25) is 0 Å². The smallest absolute Gasteiger partial charge is 0.0491 e. The Morgan fingerprint density at radius 2 is 1.84 bits per heavy atom. The van der Waals surface area contributed by atoms with Gasteiger partial charge in [-0.15, -0.1) is 0 Å². The molecule has 1 aromatic heterocycles. The maximum absolute atomic E-state index is 5.98. The molecule has 0 saturated carbocycles. The van der Waals surface area contributed by atoms with Gasteiger partial charge in [-0.25, -0.2) is 0 Å². The maximum Gasteiger partial charge on any atom is 0.0491 e. The molecular weight excluding hydrogens is 300 g/mol. The second kappa shape index (κ2) is 5.10. The molecule has 0 bridgehead atoms. The van der Waals surface area contributed by atoms with Gasteiger partial charge in [-0.05, 0) is 36.2 Å². The number of nitrogens with two attached hydrogens (primary N) is 1. The van der Waals surface area contributed by atoms with Crippen molar-refractivity contribution in [3.05, 3.63) is 64.8 Å². The fourth-order valence-electron chi connectivity index (χ4n) is 2.38. The van der Waals surface area contributed by atoms with Crippen LogP contribution in [0.2, 0.25) is 0 Å². The molecule has 3 rings (SSSR count). The number of hydrogen-bond donors (Lipinski definition) is 1. The molecule has 0 aliphatic carbocycles. The van der Waals surface area contributed by atoms with Crippen molar-refractivity contribution in [2.45, 2.75) is 13.0 Å². The van der Waals surface area contributed by atoms with Gasteiger partial charge < -0.3 is 10.3 Å². The molecule has 96 valence electrons. The van der Waals surface area contributed by atoms with Crippen LogP contribution in [0.25, 0.3) is 10.9 Å². The van der Waals surface area contributed by atoms with Gasteiger partial charge >= 0.3 is 0 Å². The van der Waals surface area contributed by atoms with E-state index in [-0.39, 0.29) is 0 Å². The third-order valence-electron chi connectivity index (χ3n) is 3.44. The normalized spacial score (nSPS) is 11.0. The third kappa shape index (κ3) is 2.38. The molecule has 0 fully saturated rings. The van der Waals surface area contributed by atoms with Crippen LogP contribution < -0.4 is 5.73 Å². The molecule has 0 unspecified atom stereocenters. The summed E-state index contributed by atoms with van der Waals surface area (Å²) >= 11 is 3.58. The predicted molar refractivity (Wildman–Crippen MR) is 84.2 cm³/mol. The summed E-state index contributed by atoms with van der Waals surface area (Å²) in [7, 11) is 0. The third-order valence-corrected chi connectivity index (χ3v) is 4.13. The Kier molecular flexibility index (Phi) is 3.30. The Bertz CT molecular complexity index is 716. The monoisotopic (exact) mass is 314 g/mol. The molecule has 0 aliphatic heterocycles. The van der Waals surface area contributed by atoms with Crippen molar-refractivity contribution in [3.8, 4) is 0 Å². The molecule has 2 aromatic carbocycles. The quantitative estimate of drug-likeness (QED) is 0.721. The van der Waals surface area contributed by atoms with Crippen LogP contribution in [-0.2, 0) is 13.0 Å². The van der Waals surface area contributed by atoms with E-state index >= 15 is 0 Å². The molecule has 3 heteroatoms. The Morgan fingerprint density at radius 3 is 2.68 bits per heavy atom. The number of aryl methyl sites for hydroxylation is 2. The number of fused-ring (bicyclic) bond motifs is 1. The molecule has 0 radical (unpaired) electrons. The van der Waals surface area contributed by atoms with E-state index in [9.17, 15) is 0 Å². The van der Waals surface area contributed by atoms with Gasteiger partial charge in [-0.2, -0.15) is 0 Å². The number of rotatable bonds is 3. The number of nitrogen functional groups attached to an aromatic ring is 1. The fraction of sp³-hybridized carbons (Fsp3) is 0.125. The fourth-order valence-corrected chi connectivity index (χ4v) is 2.87. The van der Waals surface area contributed by atoms with E-state index in [1.807, 2.05) is 18.2 Å². The summed E-state index contributed by atoms with van der Waals surface area (Å²) in [4.78, 5) is 0. The number of para-hydroxylation sites is 1. The molecule has 19 heavy (non-hydrogen) atoms. The van der Waals surface area contributed by atoms with Crippen molar-refractivity contribution in [2.75, 3.05) is 5.73 Å². The van der Waals surface area contributed by atoms with Gasteiger partial charge in [0, 0.05) is 33.8 Å². The molecule has 0 saturated heterocycles. The Balaban J connectivity index is 1.87. The van der Waals surface area contributed by atoms with Crippen molar-refractivity contribution < 1.29 is 0 Å². The number of anilines is 1. The maximum atomic E-state index is 5.98. The summed E-state index contributed by atoms with van der Waals surface area (Å²) in [5.74, 6) is 0. The summed E-state index contributed by atoms with van der Waals surface area (Å²) in [5, 5.41) is 1.25. The highest BCUT2D eigenvalue weighted by molar-refractivity contribution is 9.10. The number of benzene rings is 2. The molecule has 0 amide bonds. The lowest BCUT2D eigenvalue weighted by atomic mass is 10.1. The molecule has 0 aliphatic rings. The molecular formula is C16H15BrN2. The minimum absolute atomic E-state index is 0.875. The van der Waals surface area contributed by atoms with E-state index in [2.05, 4.69) is 57.0 Å². The van der Waals surface area contributed by atoms with Gasteiger partial charge in [-0.1, -0.05) is 40.2 Å². The molecule has 0 atom stereocenters. The van der Waals surface area contributed by atoms with Gasteiger partial charge in [0.2, 0.25) is 0 Å². The number of aromatic nitrogens is 1. The molecule has 1 heterocycles. The van der Waals surface area contributed by atoms with Crippen molar-refractivity contribution >= 4 is 32.5 Å². The highest BCUT2D eigenvalue weighted by atomic mass is 79.9. The zero-order chi connectivity index (χ0) is 13.2. The highest BCUT2D eigenvalue weighted by Gasteiger charge is 2.04. The largest absolute Gasteiger partial charge is 0.399 e. The van der Waals surface area contributed by atoms with Crippen LogP contribution in [0.3, 0.4) is 0 Å². The summed E-state index contributed by atoms with van der Waals surface area (Å²) < 4.78 is 3.41. The van der Waals surface area contributed by atoms with Gasteiger partial charge in [0.1, 0.15) is 0 Å². The first kappa shape index (κ1) is 12.3. The van der Waals surface area contributed by atoms with Crippen LogP contribution in [-0.4, -0.2) is 4.57 Å². The van der Waals surface area contributed by atoms with E-state index < -0.39 is 0 Å². The SMILES string of the molecule is Nc1ccccc1CCn1ccc2c(Br)cccc21. The zero-order valence-electron chi connectivity index (χ0n) is 10.5.